The molecular weight excluding hydrogens is 230 g/mol. The first kappa shape index (κ1) is 14.8. The molecule has 0 aromatic carbocycles. The van der Waals surface area contributed by atoms with Gasteiger partial charge in [-0.2, -0.15) is 0 Å². The second-order valence-corrected chi connectivity index (χ2v) is 4.96. The van der Waals surface area contributed by atoms with Gasteiger partial charge in [0.2, 0.25) is 0 Å². The number of hydrogen-bond acceptors (Lipinski definition) is 3. The largest absolute Gasteiger partial charge is 0.386 e. The molecule has 0 spiro atoms. The molecule has 1 atom stereocenters. The van der Waals surface area contributed by atoms with Crippen LogP contribution in [0.3, 0.4) is 0 Å². The van der Waals surface area contributed by atoms with E-state index in [2.05, 4.69) is 11.8 Å². The summed E-state index contributed by atoms with van der Waals surface area (Å²) in [6.07, 6.45) is 1.93. The number of rotatable bonds is 4. The zero-order chi connectivity index (χ0) is 13.7. The minimum atomic E-state index is 0.0339. The zero-order valence-corrected chi connectivity index (χ0v) is 11.6. The Morgan fingerprint density at radius 2 is 1.89 bits per heavy atom. The first-order chi connectivity index (χ1) is 8.47. The van der Waals surface area contributed by atoms with Gasteiger partial charge in [-0.1, -0.05) is 13.3 Å². The SMILES string of the molecule is CCCC(C(=N)N)N1CCN(C(=O)N(C)C)CC1. The highest BCUT2D eigenvalue weighted by atomic mass is 16.2. The lowest BCUT2D eigenvalue weighted by molar-refractivity contribution is 0.111. The fraction of sp³-hybridized carbons (Fsp3) is 0.833. The first-order valence-electron chi connectivity index (χ1n) is 6.51. The first-order valence-corrected chi connectivity index (χ1v) is 6.51. The molecular formula is C12H25N5O. The van der Waals surface area contributed by atoms with Crippen LogP contribution < -0.4 is 5.73 Å². The molecule has 0 aromatic rings. The smallest absolute Gasteiger partial charge is 0.319 e. The normalized spacial score (nSPS) is 18.5. The Labute approximate surface area is 109 Å². The van der Waals surface area contributed by atoms with Gasteiger partial charge in [0.25, 0.3) is 0 Å². The van der Waals surface area contributed by atoms with Crippen LogP contribution in [0.25, 0.3) is 0 Å². The Kier molecular flexibility index (Phi) is 5.40. The van der Waals surface area contributed by atoms with Gasteiger partial charge in [-0.05, 0) is 6.42 Å². The van der Waals surface area contributed by atoms with E-state index < -0.39 is 0 Å². The van der Waals surface area contributed by atoms with E-state index in [-0.39, 0.29) is 17.9 Å². The maximum atomic E-state index is 11.8. The predicted octanol–water partition coefficient (Wildman–Crippen LogP) is 0.390. The average molecular weight is 255 g/mol. The number of amides is 2. The second-order valence-electron chi connectivity index (χ2n) is 4.96. The van der Waals surface area contributed by atoms with Gasteiger partial charge >= 0.3 is 6.03 Å². The number of carbonyl (C=O) groups excluding carboxylic acids is 1. The Morgan fingerprint density at radius 1 is 1.33 bits per heavy atom. The third-order valence-corrected chi connectivity index (χ3v) is 3.33. The number of urea groups is 1. The molecule has 1 fully saturated rings. The highest BCUT2D eigenvalue weighted by Crippen LogP contribution is 2.11. The molecule has 0 aromatic heterocycles. The molecule has 1 heterocycles. The summed E-state index contributed by atoms with van der Waals surface area (Å²) < 4.78 is 0. The van der Waals surface area contributed by atoms with Crippen molar-refractivity contribution in [3.05, 3.63) is 0 Å². The fourth-order valence-electron chi connectivity index (χ4n) is 2.32. The Bertz CT molecular complexity index is 297. The van der Waals surface area contributed by atoms with Gasteiger partial charge in [0.1, 0.15) is 5.84 Å². The van der Waals surface area contributed by atoms with Crippen LogP contribution in [0.1, 0.15) is 19.8 Å². The molecule has 1 unspecified atom stereocenters. The van der Waals surface area contributed by atoms with Crippen molar-refractivity contribution in [2.45, 2.75) is 25.8 Å². The van der Waals surface area contributed by atoms with Crippen molar-refractivity contribution in [3.8, 4) is 0 Å². The predicted molar refractivity (Wildman–Crippen MR) is 72.8 cm³/mol. The van der Waals surface area contributed by atoms with Crippen LogP contribution in [0.4, 0.5) is 4.79 Å². The number of hydrogen-bond donors (Lipinski definition) is 2. The zero-order valence-electron chi connectivity index (χ0n) is 11.6. The molecule has 2 amide bonds. The van der Waals surface area contributed by atoms with Crippen molar-refractivity contribution >= 4 is 11.9 Å². The number of nitrogens with one attached hydrogen (secondary N) is 1. The number of piperazine rings is 1. The van der Waals surface area contributed by atoms with E-state index in [1.165, 1.54) is 0 Å². The van der Waals surface area contributed by atoms with Gasteiger partial charge in [0.15, 0.2) is 0 Å². The Morgan fingerprint density at radius 3 is 2.28 bits per heavy atom. The summed E-state index contributed by atoms with van der Waals surface area (Å²) in [6, 6.07) is 0.0936. The van der Waals surface area contributed by atoms with Crippen LogP contribution in [-0.4, -0.2) is 72.9 Å². The van der Waals surface area contributed by atoms with Gasteiger partial charge in [-0.3, -0.25) is 10.3 Å². The van der Waals surface area contributed by atoms with Gasteiger partial charge in [-0.15, -0.1) is 0 Å². The average Bonchev–Trinajstić information content (AvgIpc) is 2.35. The highest BCUT2D eigenvalue weighted by Gasteiger charge is 2.27. The molecule has 104 valence electrons. The van der Waals surface area contributed by atoms with E-state index in [1.807, 2.05) is 4.90 Å². The maximum absolute atomic E-state index is 11.8. The molecule has 18 heavy (non-hydrogen) atoms. The van der Waals surface area contributed by atoms with Crippen LogP contribution >= 0.6 is 0 Å². The lowest BCUT2D eigenvalue weighted by Crippen LogP contribution is -2.56. The van der Waals surface area contributed by atoms with Crippen LogP contribution in [-0.2, 0) is 0 Å². The molecule has 6 nitrogen and oxygen atoms in total. The van der Waals surface area contributed by atoms with Crippen molar-refractivity contribution in [2.75, 3.05) is 40.3 Å². The standard InChI is InChI=1S/C12H25N5O/c1-4-5-10(11(13)14)16-6-8-17(9-7-16)12(18)15(2)3/h10H,4-9H2,1-3H3,(H3,13,14). The molecule has 1 rings (SSSR count). The number of nitrogens with two attached hydrogens (primary N) is 1. The van der Waals surface area contributed by atoms with E-state index in [0.717, 1.165) is 25.9 Å². The van der Waals surface area contributed by atoms with E-state index in [0.29, 0.717) is 13.1 Å². The number of nitrogens with zero attached hydrogens (tertiary/aromatic N) is 3. The summed E-state index contributed by atoms with van der Waals surface area (Å²) in [6.45, 7) is 5.12. The van der Waals surface area contributed by atoms with Gasteiger partial charge in [0, 0.05) is 40.3 Å². The minimum absolute atomic E-state index is 0.0339. The molecule has 1 aliphatic heterocycles. The molecule has 3 N–H and O–H groups in total. The highest BCUT2D eigenvalue weighted by molar-refractivity contribution is 5.82. The summed E-state index contributed by atoms with van der Waals surface area (Å²) in [5.74, 6) is 0.240. The van der Waals surface area contributed by atoms with E-state index in [4.69, 9.17) is 11.1 Å². The topological polar surface area (TPSA) is 76.7 Å². The van der Waals surface area contributed by atoms with Crippen molar-refractivity contribution in [3.63, 3.8) is 0 Å². The summed E-state index contributed by atoms with van der Waals surface area (Å²) >= 11 is 0. The minimum Gasteiger partial charge on any atom is -0.386 e. The third-order valence-electron chi connectivity index (χ3n) is 3.33. The van der Waals surface area contributed by atoms with Crippen molar-refractivity contribution in [1.82, 2.24) is 14.7 Å². The van der Waals surface area contributed by atoms with Gasteiger partial charge in [0.05, 0.1) is 6.04 Å². The molecule has 1 saturated heterocycles. The third kappa shape index (κ3) is 3.60. The monoisotopic (exact) mass is 255 g/mol. The lowest BCUT2D eigenvalue weighted by Gasteiger charge is -2.39. The van der Waals surface area contributed by atoms with Crippen molar-refractivity contribution < 1.29 is 4.79 Å². The van der Waals surface area contributed by atoms with Crippen LogP contribution in [0.15, 0.2) is 0 Å². The summed E-state index contributed by atoms with van der Waals surface area (Å²) in [4.78, 5) is 17.5. The van der Waals surface area contributed by atoms with E-state index in [9.17, 15) is 4.79 Å². The number of carbonyl (C=O) groups is 1. The maximum Gasteiger partial charge on any atom is 0.319 e. The molecule has 6 heteroatoms. The molecule has 0 aliphatic carbocycles. The van der Waals surface area contributed by atoms with Crippen LogP contribution in [0, 0.1) is 5.41 Å². The van der Waals surface area contributed by atoms with Crippen LogP contribution in [0.5, 0.6) is 0 Å². The number of amidine groups is 1. The van der Waals surface area contributed by atoms with Crippen molar-refractivity contribution in [2.24, 2.45) is 5.73 Å². The summed E-state index contributed by atoms with van der Waals surface area (Å²) in [5, 5.41) is 7.64. The van der Waals surface area contributed by atoms with Gasteiger partial charge < -0.3 is 15.5 Å². The van der Waals surface area contributed by atoms with E-state index >= 15 is 0 Å². The molecule has 0 bridgehead atoms. The van der Waals surface area contributed by atoms with Gasteiger partial charge in [-0.25, -0.2) is 4.79 Å². The molecule has 1 aliphatic rings. The Hall–Kier alpha value is -1.30. The molecule has 0 radical (unpaired) electrons. The lowest BCUT2D eigenvalue weighted by atomic mass is 10.1. The fourth-order valence-corrected chi connectivity index (χ4v) is 2.32. The molecule has 0 saturated carbocycles. The quantitative estimate of drug-likeness (QED) is 0.563. The summed E-state index contributed by atoms with van der Waals surface area (Å²) in [7, 11) is 3.54. The van der Waals surface area contributed by atoms with Crippen LogP contribution in [0.2, 0.25) is 0 Å². The summed E-state index contributed by atoms with van der Waals surface area (Å²) in [5.41, 5.74) is 5.65. The van der Waals surface area contributed by atoms with E-state index in [1.54, 1.807) is 19.0 Å². The second kappa shape index (κ2) is 6.58. The Balaban J connectivity index is 2.52. The van der Waals surface area contributed by atoms with Crippen molar-refractivity contribution in [1.29, 1.82) is 5.41 Å².